The fraction of sp³-hybridized carbons (Fsp3) is 0. The van der Waals surface area contributed by atoms with Crippen LogP contribution < -0.4 is 15.4 Å². The first-order valence-corrected chi connectivity index (χ1v) is 10.3. The number of benzene rings is 3. The zero-order chi connectivity index (χ0) is 21.7. The summed E-state index contributed by atoms with van der Waals surface area (Å²) in [5, 5.41) is 16.3. The van der Waals surface area contributed by atoms with Crippen molar-refractivity contribution in [1.29, 1.82) is 0 Å². The maximum atomic E-state index is 12.5. The SMILES string of the molecule is O=C(Nc1ccc(S(=O)(=O)Nc2cccc(Cl)c2)cc1)Nc1ccccc1[N+](=O)[O-]. The van der Waals surface area contributed by atoms with E-state index in [1.165, 1.54) is 48.5 Å². The largest absolute Gasteiger partial charge is 0.323 e. The second-order valence-corrected chi connectivity index (χ2v) is 8.11. The van der Waals surface area contributed by atoms with Gasteiger partial charge < -0.3 is 10.6 Å². The molecule has 0 spiro atoms. The Morgan fingerprint density at radius 3 is 2.27 bits per heavy atom. The number of halogens is 1. The van der Waals surface area contributed by atoms with Crippen LogP contribution >= 0.6 is 11.6 Å². The highest BCUT2D eigenvalue weighted by Gasteiger charge is 2.16. The molecular weight excluding hydrogens is 432 g/mol. The van der Waals surface area contributed by atoms with Crippen LogP contribution in [-0.2, 0) is 10.0 Å². The number of para-hydroxylation sites is 2. The van der Waals surface area contributed by atoms with Crippen molar-refractivity contribution in [2.45, 2.75) is 4.90 Å². The lowest BCUT2D eigenvalue weighted by atomic mass is 10.2. The van der Waals surface area contributed by atoms with Gasteiger partial charge in [0.05, 0.1) is 15.5 Å². The lowest BCUT2D eigenvalue weighted by molar-refractivity contribution is -0.383. The van der Waals surface area contributed by atoms with Crippen LogP contribution in [0.4, 0.5) is 27.5 Å². The highest BCUT2D eigenvalue weighted by molar-refractivity contribution is 7.92. The van der Waals surface area contributed by atoms with Gasteiger partial charge in [-0.3, -0.25) is 14.8 Å². The standard InChI is InChI=1S/C19H15ClN4O5S/c20-13-4-3-5-15(12-13)23-30(28,29)16-10-8-14(9-11-16)21-19(25)22-17-6-1-2-7-18(17)24(26)27/h1-12,23H,(H2,21,22,25). The van der Waals surface area contributed by atoms with Crippen molar-refractivity contribution in [3.8, 4) is 0 Å². The van der Waals surface area contributed by atoms with Gasteiger partial charge in [0, 0.05) is 16.8 Å². The topological polar surface area (TPSA) is 130 Å². The average Bonchev–Trinajstić information content (AvgIpc) is 2.68. The van der Waals surface area contributed by atoms with Gasteiger partial charge in [-0.1, -0.05) is 29.8 Å². The molecule has 0 aliphatic rings. The fourth-order valence-corrected chi connectivity index (χ4v) is 3.75. The quantitative estimate of drug-likeness (QED) is 0.373. The summed E-state index contributed by atoms with van der Waals surface area (Å²) in [5.41, 5.74) is 0.396. The molecule has 3 aromatic rings. The summed E-state index contributed by atoms with van der Waals surface area (Å²) in [6.07, 6.45) is 0. The molecule has 3 N–H and O–H groups in total. The number of nitro benzene ring substituents is 1. The van der Waals surface area contributed by atoms with Crippen LogP contribution in [0.5, 0.6) is 0 Å². The van der Waals surface area contributed by atoms with Crippen LogP contribution in [0.1, 0.15) is 0 Å². The second kappa shape index (κ2) is 8.80. The molecule has 0 heterocycles. The van der Waals surface area contributed by atoms with E-state index in [9.17, 15) is 23.3 Å². The Balaban J connectivity index is 1.68. The van der Waals surface area contributed by atoms with Gasteiger partial charge in [0.15, 0.2) is 0 Å². The molecule has 0 fully saturated rings. The lowest BCUT2D eigenvalue weighted by Crippen LogP contribution is -2.20. The lowest BCUT2D eigenvalue weighted by Gasteiger charge is -2.10. The van der Waals surface area contributed by atoms with Crippen LogP contribution in [0.25, 0.3) is 0 Å². The van der Waals surface area contributed by atoms with Crippen LogP contribution in [0.3, 0.4) is 0 Å². The van der Waals surface area contributed by atoms with Crippen molar-refractivity contribution in [3.05, 3.63) is 87.9 Å². The van der Waals surface area contributed by atoms with Gasteiger partial charge in [-0.15, -0.1) is 0 Å². The molecule has 3 rings (SSSR count). The van der Waals surface area contributed by atoms with Crippen molar-refractivity contribution >= 4 is 50.4 Å². The molecule has 0 saturated heterocycles. The van der Waals surface area contributed by atoms with Crippen LogP contribution in [0, 0.1) is 10.1 Å². The molecule has 0 aliphatic carbocycles. The fourth-order valence-electron chi connectivity index (χ4n) is 2.51. The van der Waals surface area contributed by atoms with Gasteiger partial charge in [0.1, 0.15) is 5.69 Å². The average molecular weight is 447 g/mol. The molecule has 0 bridgehead atoms. The zero-order valence-electron chi connectivity index (χ0n) is 15.2. The number of amides is 2. The van der Waals surface area contributed by atoms with Gasteiger partial charge >= 0.3 is 6.03 Å². The second-order valence-electron chi connectivity index (χ2n) is 5.99. The Bertz CT molecular complexity index is 1200. The van der Waals surface area contributed by atoms with Gasteiger partial charge in [0.2, 0.25) is 0 Å². The third kappa shape index (κ3) is 5.25. The number of hydrogen-bond donors (Lipinski definition) is 3. The first-order valence-electron chi connectivity index (χ1n) is 8.44. The molecular formula is C19H15ClN4O5S. The Morgan fingerprint density at radius 1 is 0.900 bits per heavy atom. The zero-order valence-corrected chi connectivity index (χ0v) is 16.8. The first-order chi connectivity index (χ1) is 14.2. The number of hydrogen-bond acceptors (Lipinski definition) is 5. The summed E-state index contributed by atoms with van der Waals surface area (Å²) in [4.78, 5) is 22.5. The summed E-state index contributed by atoms with van der Waals surface area (Å²) in [6.45, 7) is 0. The van der Waals surface area contributed by atoms with Gasteiger partial charge in [-0.05, 0) is 48.5 Å². The van der Waals surface area contributed by atoms with E-state index in [4.69, 9.17) is 11.6 Å². The van der Waals surface area contributed by atoms with Crippen LogP contribution in [0.15, 0.2) is 77.7 Å². The predicted octanol–water partition coefficient (Wildman–Crippen LogP) is 4.69. The molecule has 154 valence electrons. The van der Waals surface area contributed by atoms with E-state index in [1.54, 1.807) is 24.3 Å². The van der Waals surface area contributed by atoms with Crippen molar-refractivity contribution in [2.75, 3.05) is 15.4 Å². The molecule has 9 nitrogen and oxygen atoms in total. The minimum absolute atomic E-state index is 0.0212. The van der Waals surface area contributed by atoms with E-state index >= 15 is 0 Å². The molecule has 0 aliphatic heterocycles. The number of sulfonamides is 1. The van der Waals surface area contributed by atoms with Crippen molar-refractivity contribution in [1.82, 2.24) is 0 Å². The van der Waals surface area contributed by atoms with Crippen LogP contribution in [0.2, 0.25) is 5.02 Å². The molecule has 0 radical (unpaired) electrons. The molecule has 2 amide bonds. The molecule has 3 aromatic carbocycles. The molecule has 0 saturated carbocycles. The van der Waals surface area contributed by atoms with E-state index < -0.39 is 21.0 Å². The number of carbonyl (C=O) groups excluding carboxylic acids is 1. The van der Waals surface area contributed by atoms with Gasteiger partial charge in [-0.25, -0.2) is 13.2 Å². The van der Waals surface area contributed by atoms with Gasteiger partial charge in [-0.2, -0.15) is 0 Å². The number of urea groups is 1. The van der Waals surface area contributed by atoms with Gasteiger partial charge in [0.25, 0.3) is 15.7 Å². The van der Waals surface area contributed by atoms with E-state index in [0.29, 0.717) is 16.4 Å². The van der Waals surface area contributed by atoms with Crippen molar-refractivity contribution in [2.24, 2.45) is 0 Å². The smallest absolute Gasteiger partial charge is 0.308 e. The van der Waals surface area contributed by atoms with E-state index in [2.05, 4.69) is 15.4 Å². The van der Waals surface area contributed by atoms with Crippen molar-refractivity contribution < 1.29 is 18.1 Å². The number of nitrogens with one attached hydrogen (secondary N) is 3. The summed E-state index contributed by atoms with van der Waals surface area (Å²) in [7, 11) is -3.85. The third-order valence-corrected chi connectivity index (χ3v) is 5.48. The number of nitrogens with zero attached hydrogens (tertiary/aromatic N) is 1. The van der Waals surface area contributed by atoms with E-state index in [1.807, 2.05) is 0 Å². The molecule has 30 heavy (non-hydrogen) atoms. The number of anilines is 3. The maximum Gasteiger partial charge on any atom is 0.323 e. The first kappa shape index (κ1) is 21.1. The number of rotatable bonds is 6. The normalized spacial score (nSPS) is 10.8. The molecule has 0 unspecified atom stereocenters. The Kier molecular flexibility index (Phi) is 6.19. The highest BCUT2D eigenvalue weighted by Crippen LogP contribution is 2.24. The minimum atomic E-state index is -3.85. The molecule has 0 aromatic heterocycles. The monoisotopic (exact) mass is 446 g/mol. The maximum absolute atomic E-state index is 12.5. The Morgan fingerprint density at radius 2 is 1.60 bits per heavy atom. The summed E-state index contributed by atoms with van der Waals surface area (Å²) >= 11 is 5.86. The summed E-state index contributed by atoms with van der Waals surface area (Å²) in [6, 6.07) is 16.7. The van der Waals surface area contributed by atoms with E-state index in [-0.39, 0.29) is 16.3 Å². The molecule has 11 heteroatoms. The summed E-state index contributed by atoms with van der Waals surface area (Å²) < 4.78 is 27.4. The Labute approximate surface area is 176 Å². The molecule has 0 atom stereocenters. The number of nitro groups is 1. The Hall–Kier alpha value is -3.63. The number of carbonyl (C=O) groups is 1. The predicted molar refractivity (Wildman–Crippen MR) is 114 cm³/mol. The minimum Gasteiger partial charge on any atom is -0.308 e. The van der Waals surface area contributed by atoms with E-state index in [0.717, 1.165) is 0 Å². The van der Waals surface area contributed by atoms with Crippen LogP contribution in [-0.4, -0.2) is 19.4 Å². The summed E-state index contributed by atoms with van der Waals surface area (Å²) in [5.74, 6) is 0. The highest BCUT2D eigenvalue weighted by atomic mass is 35.5. The van der Waals surface area contributed by atoms with Crippen molar-refractivity contribution in [3.63, 3.8) is 0 Å². The third-order valence-electron chi connectivity index (χ3n) is 3.85.